The van der Waals surface area contributed by atoms with E-state index >= 15 is 0 Å². The minimum Gasteiger partial charge on any atom is -0.326 e. The smallest absolute Gasteiger partial charge is 0.227 e. The Morgan fingerprint density at radius 2 is 1.42 bits per heavy atom. The van der Waals surface area contributed by atoms with E-state index in [4.69, 9.17) is 23.2 Å². The lowest BCUT2D eigenvalue weighted by atomic mass is 9.81. The first-order chi connectivity index (χ1) is 12.5. The zero-order valence-electron chi connectivity index (χ0n) is 14.2. The average Bonchev–Trinajstić information content (AvgIpc) is 2.64. The van der Waals surface area contributed by atoms with E-state index < -0.39 is 0 Å². The Kier molecular flexibility index (Phi) is 6.17. The van der Waals surface area contributed by atoms with Gasteiger partial charge in [0.2, 0.25) is 11.8 Å². The number of amides is 2. The molecule has 3 rings (SSSR count). The molecule has 0 aromatic heterocycles. The van der Waals surface area contributed by atoms with Crippen LogP contribution in [-0.4, -0.2) is 11.8 Å². The molecule has 0 heterocycles. The number of carbonyl (C=O) groups is 2. The summed E-state index contributed by atoms with van der Waals surface area (Å²) in [4.78, 5) is 24.9. The molecule has 26 heavy (non-hydrogen) atoms. The van der Waals surface area contributed by atoms with Crippen molar-refractivity contribution in [3.63, 3.8) is 0 Å². The highest BCUT2D eigenvalue weighted by atomic mass is 35.5. The second-order valence-electron chi connectivity index (χ2n) is 6.52. The second-order valence-corrected chi connectivity index (χ2v) is 7.36. The van der Waals surface area contributed by atoms with E-state index in [1.807, 2.05) is 18.2 Å². The van der Waals surface area contributed by atoms with Crippen molar-refractivity contribution in [2.24, 2.45) is 11.8 Å². The monoisotopic (exact) mass is 390 g/mol. The quantitative estimate of drug-likeness (QED) is 0.736. The van der Waals surface area contributed by atoms with Crippen LogP contribution in [0.3, 0.4) is 0 Å². The summed E-state index contributed by atoms with van der Waals surface area (Å²) < 4.78 is 0. The summed E-state index contributed by atoms with van der Waals surface area (Å²) in [6.07, 6.45) is 2.74. The highest BCUT2D eigenvalue weighted by Crippen LogP contribution is 2.31. The summed E-state index contributed by atoms with van der Waals surface area (Å²) in [5.74, 6) is -0.233. The third kappa shape index (κ3) is 4.77. The maximum absolute atomic E-state index is 12.4. The fraction of sp³-hybridized carbons (Fsp3) is 0.300. The van der Waals surface area contributed by atoms with Crippen molar-refractivity contribution in [2.45, 2.75) is 25.7 Å². The summed E-state index contributed by atoms with van der Waals surface area (Å²) in [6, 6.07) is 14.3. The standard InChI is InChI=1S/C20H20Cl2N2O2/c21-15-4-3-5-16(12-15)23-19(25)13-8-10-14(11-9-13)20(26)24-18-7-2-1-6-17(18)22/h1-7,12-14H,8-11H2,(H,23,25)(H,24,26). The van der Waals surface area contributed by atoms with Gasteiger partial charge in [-0.3, -0.25) is 9.59 Å². The van der Waals surface area contributed by atoms with E-state index in [1.54, 1.807) is 30.3 Å². The van der Waals surface area contributed by atoms with Crippen molar-refractivity contribution < 1.29 is 9.59 Å². The van der Waals surface area contributed by atoms with Crippen LogP contribution >= 0.6 is 23.2 Å². The number of para-hydroxylation sites is 1. The van der Waals surface area contributed by atoms with E-state index in [0.717, 1.165) is 0 Å². The number of benzene rings is 2. The molecule has 1 aliphatic rings. The molecule has 0 bridgehead atoms. The first-order valence-electron chi connectivity index (χ1n) is 8.65. The van der Waals surface area contributed by atoms with Gasteiger partial charge in [0.05, 0.1) is 10.7 Å². The molecule has 0 saturated heterocycles. The molecule has 136 valence electrons. The number of hydrogen-bond acceptors (Lipinski definition) is 2. The van der Waals surface area contributed by atoms with Gasteiger partial charge in [0.15, 0.2) is 0 Å². The number of anilines is 2. The molecule has 1 fully saturated rings. The summed E-state index contributed by atoms with van der Waals surface area (Å²) in [6.45, 7) is 0. The molecule has 2 aromatic carbocycles. The van der Waals surface area contributed by atoms with Crippen LogP contribution in [0, 0.1) is 11.8 Å². The molecule has 1 saturated carbocycles. The van der Waals surface area contributed by atoms with E-state index in [-0.39, 0.29) is 23.7 Å². The Hall–Kier alpha value is -2.04. The number of hydrogen-bond donors (Lipinski definition) is 2. The molecule has 0 radical (unpaired) electrons. The van der Waals surface area contributed by atoms with Crippen LogP contribution in [0.4, 0.5) is 11.4 Å². The molecule has 0 atom stereocenters. The number of rotatable bonds is 4. The lowest BCUT2D eigenvalue weighted by molar-refractivity contribution is -0.125. The normalized spacial score (nSPS) is 19.6. The van der Waals surface area contributed by atoms with Crippen molar-refractivity contribution >= 4 is 46.4 Å². The van der Waals surface area contributed by atoms with Crippen LogP contribution in [0.5, 0.6) is 0 Å². The molecular weight excluding hydrogens is 371 g/mol. The van der Waals surface area contributed by atoms with Crippen LogP contribution in [0.2, 0.25) is 10.0 Å². The second kappa shape index (κ2) is 8.56. The Bertz CT molecular complexity index is 802. The first kappa shape index (κ1) is 18.7. The van der Waals surface area contributed by atoms with Gasteiger partial charge in [0.1, 0.15) is 0 Å². The van der Waals surface area contributed by atoms with Gasteiger partial charge >= 0.3 is 0 Å². The number of carbonyl (C=O) groups excluding carboxylic acids is 2. The van der Waals surface area contributed by atoms with Gasteiger partial charge < -0.3 is 10.6 Å². The maximum Gasteiger partial charge on any atom is 0.227 e. The van der Waals surface area contributed by atoms with E-state index in [9.17, 15) is 9.59 Å². The maximum atomic E-state index is 12.4. The topological polar surface area (TPSA) is 58.2 Å². The Morgan fingerprint density at radius 1 is 0.808 bits per heavy atom. The molecule has 0 unspecified atom stereocenters. The van der Waals surface area contributed by atoms with Crippen LogP contribution in [0.25, 0.3) is 0 Å². The highest BCUT2D eigenvalue weighted by molar-refractivity contribution is 6.33. The van der Waals surface area contributed by atoms with Crippen LogP contribution in [-0.2, 0) is 9.59 Å². The van der Waals surface area contributed by atoms with Crippen molar-refractivity contribution in [1.82, 2.24) is 0 Å². The number of nitrogens with one attached hydrogen (secondary N) is 2. The van der Waals surface area contributed by atoms with Crippen LogP contribution in [0.15, 0.2) is 48.5 Å². The lowest BCUT2D eigenvalue weighted by Crippen LogP contribution is -2.32. The van der Waals surface area contributed by atoms with Gasteiger partial charge in [-0.15, -0.1) is 0 Å². The summed E-state index contributed by atoms with van der Waals surface area (Å²) >= 11 is 12.0. The average molecular weight is 391 g/mol. The van der Waals surface area contributed by atoms with Gasteiger partial charge in [-0.25, -0.2) is 0 Å². The van der Waals surface area contributed by atoms with E-state index in [2.05, 4.69) is 10.6 Å². The largest absolute Gasteiger partial charge is 0.326 e. The van der Waals surface area contributed by atoms with Crippen molar-refractivity contribution in [2.75, 3.05) is 10.6 Å². The van der Waals surface area contributed by atoms with Crippen LogP contribution in [0.1, 0.15) is 25.7 Å². The molecule has 0 aliphatic heterocycles. The molecule has 2 aromatic rings. The van der Waals surface area contributed by atoms with Gasteiger partial charge in [0, 0.05) is 22.5 Å². The molecule has 2 N–H and O–H groups in total. The van der Waals surface area contributed by atoms with E-state index in [1.165, 1.54) is 0 Å². The SMILES string of the molecule is O=C(Nc1cccc(Cl)c1)C1CCC(C(=O)Nc2ccccc2Cl)CC1. The van der Waals surface area contributed by atoms with Gasteiger partial charge in [0.25, 0.3) is 0 Å². The lowest BCUT2D eigenvalue weighted by Gasteiger charge is -2.27. The van der Waals surface area contributed by atoms with Crippen molar-refractivity contribution in [1.29, 1.82) is 0 Å². The number of halogens is 2. The van der Waals surface area contributed by atoms with Gasteiger partial charge in [-0.2, -0.15) is 0 Å². The van der Waals surface area contributed by atoms with E-state index in [0.29, 0.717) is 47.1 Å². The molecule has 2 amide bonds. The first-order valence-corrected chi connectivity index (χ1v) is 9.40. The predicted octanol–water partition coefficient (Wildman–Crippen LogP) is 5.38. The predicted molar refractivity (Wildman–Crippen MR) is 106 cm³/mol. The molecule has 0 spiro atoms. The van der Waals surface area contributed by atoms with Gasteiger partial charge in [-0.1, -0.05) is 41.4 Å². The fourth-order valence-electron chi connectivity index (χ4n) is 3.23. The molecule has 1 aliphatic carbocycles. The molecule has 6 heteroatoms. The minimum absolute atomic E-state index is 0.0165. The highest BCUT2D eigenvalue weighted by Gasteiger charge is 2.30. The van der Waals surface area contributed by atoms with Crippen LogP contribution < -0.4 is 10.6 Å². The fourth-order valence-corrected chi connectivity index (χ4v) is 3.60. The Labute approximate surface area is 162 Å². The zero-order valence-corrected chi connectivity index (χ0v) is 15.7. The molecule has 4 nitrogen and oxygen atoms in total. The summed E-state index contributed by atoms with van der Waals surface area (Å²) in [7, 11) is 0. The van der Waals surface area contributed by atoms with Crippen molar-refractivity contribution in [3.8, 4) is 0 Å². The third-order valence-electron chi connectivity index (χ3n) is 4.69. The summed E-state index contributed by atoms with van der Waals surface area (Å²) in [5, 5.41) is 6.90. The third-order valence-corrected chi connectivity index (χ3v) is 5.26. The Morgan fingerprint density at radius 3 is 2.04 bits per heavy atom. The molecular formula is C20H20Cl2N2O2. The summed E-state index contributed by atoms with van der Waals surface area (Å²) in [5.41, 5.74) is 1.32. The zero-order chi connectivity index (χ0) is 18.5. The van der Waals surface area contributed by atoms with Gasteiger partial charge in [-0.05, 0) is 56.0 Å². The minimum atomic E-state index is -0.0958. The Balaban J connectivity index is 1.51. The van der Waals surface area contributed by atoms with Crippen molar-refractivity contribution in [3.05, 3.63) is 58.6 Å².